The molecule has 0 heterocycles. The Morgan fingerprint density at radius 3 is 2.79 bits per heavy atom. The van der Waals surface area contributed by atoms with E-state index in [1.54, 1.807) is 7.11 Å². The summed E-state index contributed by atoms with van der Waals surface area (Å²) < 4.78 is 5.17. The Balaban J connectivity index is 2.35. The fourth-order valence-electron chi connectivity index (χ4n) is 1.77. The Bertz CT molecular complexity index is 229. The van der Waals surface area contributed by atoms with Crippen LogP contribution >= 0.6 is 0 Å². The highest BCUT2D eigenvalue weighted by atomic mass is 16.5. The van der Waals surface area contributed by atoms with Gasteiger partial charge in [-0.3, -0.25) is 9.59 Å². The van der Waals surface area contributed by atoms with E-state index in [9.17, 15) is 9.59 Å². The van der Waals surface area contributed by atoms with E-state index in [4.69, 9.17) is 9.84 Å². The van der Waals surface area contributed by atoms with E-state index in [1.807, 2.05) is 0 Å². The molecule has 80 valence electrons. The van der Waals surface area contributed by atoms with Gasteiger partial charge in [0.1, 0.15) is 6.42 Å². The highest BCUT2D eigenvalue weighted by molar-refractivity contribution is 5.93. The van der Waals surface area contributed by atoms with E-state index in [1.165, 1.54) is 0 Å². The smallest absolute Gasteiger partial charge is 0.312 e. The number of nitrogens with one attached hydrogen (secondary N) is 1. The van der Waals surface area contributed by atoms with Crippen LogP contribution in [0.4, 0.5) is 0 Å². The summed E-state index contributed by atoms with van der Waals surface area (Å²) in [7, 11) is 1.60. The van der Waals surface area contributed by atoms with Crippen LogP contribution in [0.5, 0.6) is 0 Å². The standard InChI is InChI=1S/C9H15NO4/c1-14-7-4-2-3-6(7)10-8(11)5-9(12)13/h6-7H,2-5H2,1H3,(H,10,11)(H,12,13). The number of hydrogen-bond acceptors (Lipinski definition) is 3. The number of carbonyl (C=O) groups is 2. The molecule has 1 amide bonds. The third kappa shape index (κ3) is 2.99. The maximum Gasteiger partial charge on any atom is 0.312 e. The molecule has 1 aliphatic carbocycles. The largest absolute Gasteiger partial charge is 0.481 e. The quantitative estimate of drug-likeness (QED) is 0.634. The second-order valence-corrected chi connectivity index (χ2v) is 3.45. The number of aliphatic carboxylic acids is 1. The number of carbonyl (C=O) groups excluding carboxylic acids is 1. The van der Waals surface area contributed by atoms with Crippen molar-refractivity contribution in [2.75, 3.05) is 7.11 Å². The lowest BCUT2D eigenvalue weighted by Crippen LogP contribution is -2.41. The van der Waals surface area contributed by atoms with Crippen LogP contribution in [0.15, 0.2) is 0 Å². The number of methoxy groups -OCH3 is 1. The van der Waals surface area contributed by atoms with Crippen molar-refractivity contribution in [1.29, 1.82) is 0 Å². The van der Waals surface area contributed by atoms with Crippen molar-refractivity contribution in [3.05, 3.63) is 0 Å². The fraction of sp³-hybridized carbons (Fsp3) is 0.778. The van der Waals surface area contributed by atoms with Crippen molar-refractivity contribution >= 4 is 11.9 Å². The number of hydrogen-bond donors (Lipinski definition) is 2. The summed E-state index contributed by atoms with van der Waals surface area (Å²) in [6.07, 6.45) is 2.37. The first-order valence-corrected chi connectivity index (χ1v) is 4.67. The third-order valence-corrected chi connectivity index (χ3v) is 2.41. The predicted molar refractivity (Wildman–Crippen MR) is 48.8 cm³/mol. The van der Waals surface area contributed by atoms with E-state index in [0.29, 0.717) is 0 Å². The molecule has 1 rings (SSSR count). The minimum absolute atomic E-state index is 0.0214. The first-order chi connectivity index (χ1) is 6.63. The van der Waals surface area contributed by atoms with Crippen LogP contribution in [-0.4, -0.2) is 36.2 Å². The first-order valence-electron chi connectivity index (χ1n) is 4.67. The average Bonchev–Trinajstić information content (AvgIpc) is 2.50. The van der Waals surface area contributed by atoms with Gasteiger partial charge in [-0.05, 0) is 19.3 Å². The zero-order chi connectivity index (χ0) is 10.6. The van der Waals surface area contributed by atoms with Gasteiger partial charge in [0.15, 0.2) is 0 Å². The molecule has 0 aromatic carbocycles. The van der Waals surface area contributed by atoms with Gasteiger partial charge in [0.25, 0.3) is 0 Å². The molecule has 0 aliphatic heterocycles. The van der Waals surface area contributed by atoms with E-state index in [2.05, 4.69) is 5.32 Å². The second kappa shape index (κ2) is 4.95. The van der Waals surface area contributed by atoms with Gasteiger partial charge in [0.2, 0.25) is 5.91 Å². The molecule has 2 N–H and O–H groups in total. The van der Waals surface area contributed by atoms with Crippen LogP contribution in [0.25, 0.3) is 0 Å². The van der Waals surface area contributed by atoms with Crippen LogP contribution in [0, 0.1) is 0 Å². The molecule has 5 nitrogen and oxygen atoms in total. The predicted octanol–water partition coefficient (Wildman–Crippen LogP) is 0.145. The molecule has 1 fully saturated rings. The maximum absolute atomic E-state index is 11.1. The summed E-state index contributed by atoms with van der Waals surface area (Å²) in [5, 5.41) is 11.1. The molecule has 0 spiro atoms. The fourth-order valence-corrected chi connectivity index (χ4v) is 1.77. The molecule has 2 unspecified atom stereocenters. The molecular weight excluding hydrogens is 186 g/mol. The molecule has 0 radical (unpaired) electrons. The van der Waals surface area contributed by atoms with Crippen LogP contribution in [0.2, 0.25) is 0 Å². The zero-order valence-electron chi connectivity index (χ0n) is 8.16. The average molecular weight is 201 g/mol. The minimum atomic E-state index is -1.10. The SMILES string of the molecule is COC1CCCC1NC(=O)CC(=O)O. The third-order valence-electron chi connectivity index (χ3n) is 2.41. The number of carboxylic acid groups (broad SMARTS) is 1. The van der Waals surface area contributed by atoms with Crippen molar-refractivity contribution in [2.45, 2.75) is 37.8 Å². The number of rotatable bonds is 4. The highest BCUT2D eigenvalue weighted by Crippen LogP contribution is 2.21. The number of amides is 1. The zero-order valence-corrected chi connectivity index (χ0v) is 8.16. The van der Waals surface area contributed by atoms with Gasteiger partial charge >= 0.3 is 5.97 Å². The summed E-state index contributed by atoms with van der Waals surface area (Å²) in [5.41, 5.74) is 0. The molecular formula is C9H15NO4. The Morgan fingerprint density at radius 2 is 2.21 bits per heavy atom. The van der Waals surface area contributed by atoms with E-state index in [-0.39, 0.29) is 12.1 Å². The van der Waals surface area contributed by atoms with Crippen molar-refractivity contribution in [2.24, 2.45) is 0 Å². The Kier molecular flexibility index (Phi) is 3.88. The van der Waals surface area contributed by atoms with Crippen molar-refractivity contribution in [1.82, 2.24) is 5.32 Å². The first kappa shape index (κ1) is 11.0. The van der Waals surface area contributed by atoms with Crippen molar-refractivity contribution < 1.29 is 19.4 Å². The molecule has 0 aromatic rings. The molecule has 0 saturated heterocycles. The maximum atomic E-state index is 11.1. The highest BCUT2D eigenvalue weighted by Gasteiger charge is 2.28. The van der Waals surface area contributed by atoms with Crippen molar-refractivity contribution in [3.63, 3.8) is 0 Å². The lowest BCUT2D eigenvalue weighted by atomic mass is 10.2. The van der Waals surface area contributed by atoms with Gasteiger partial charge < -0.3 is 15.2 Å². The van der Waals surface area contributed by atoms with Crippen LogP contribution < -0.4 is 5.32 Å². The van der Waals surface area contributed by atoms with Gasteiger partial charge in [0, 0.05) is 7.11 Å². The van der Waals surface area contributed by atoms with Gasteiger partial charge in [-0.2, -0.15) is 0 Å². The van der Waals surface area contributed by atoms with Crippen LogP contribution in [0.3, 0.4) is 0 Å². The lowest BCUT2D eigenvalue weighted by Gasteiger charge is -2.18. The number of ether oxygens (including phenoxy) is 1. The van der Waals surface area contributed by atoms with Crippen molar-refractivity contribution in [3.8, 4) is 0 Å². The van der Waals surface area contributed by atoms with Gasteiger partial charge in [-0.25, -0.2) is 0 Å². The van der Waals surface area contributed by atoms with Crippen LogP contribution in [-0.2, 0) is 14.3 Å². The van der Waals surface area contributed by atoms with Gasteiger partial charge in [0.05, 0.1) is 12.1 Å². The number of carboxylic acids is 1. The normalized spacial score (nSPS) is 26.1. The molecule has 5 heteroatoms. The van der Waals surface area contributed by atoms with Gasteiger partial charge in [-0.1, -0.05) is 0 Å². The molecule has 0 bridgehead atoms. The monoisotopic (exact) mass is 201 g/mol. The Hall–Kier alpha value is -1.10. The summed E-state index contributed by atoms with van der Waals surface area (Å²) in [5.74, 6) is -1.54. The van der Waals surface area contributed by atoms with E-state index >= 15 is 0 Å². The van der Waals surface area contributed by atoms with E-state index < -0.39 is 18.3 Å². The molecule has 14 heavy (non-hydrogen) atoms. The minimum Gasteiger partial charge on any atom is -0.481 e. The summed E-state index contributed by atoms with van der Waals surface area (Å²) in [6.45, 7) is 0. The van der Waals surface area contributed by atoms with Crippen LogP contribution in [0.1, 0.15) is 25.7 Å². The Morgan fingerprint density at radius 1 is 1.50 bits per heavy atom. The molecule has 0 aromatic heterocycles. The van der Waals surface area contributed by atoms with Gasteiger partial charge in [-0.15, -0.1) is 0 Å². The summed E-state index contributed by atoms with van der Waals surface area (Å²) in [4.78, 5) is 21.4. The summed E-state index contributed by atoms with van der Waals surface area (Å²) >= 11 is 0. The van der Waals surface area contributed by atoms with E-state index in [0.717, 1.165) is 19.3 Å². The topological polar surface area (TPSA) is 75.6 Å². The Labute approximate surface area is 82.4 Å². The molecule has 1 aliphatic rings. The lowest BCUT2D eigenvalue weighted by molar-refractivity contribution is -0.141. The molecule has 2 atom stereocenters. The molecule has 1 saturated carbocycles. The second-order valence-electron chi connectivity index (χ2n) is 3.45. The summed E-state index contributed by atoms with van der Waals surface area (Å²) in [6, 6.07) is -0.0214.